The van der Waals surface area contributed by atoms with Crippen LogP contribution in [0, 0.1) is 0 Å². The summed E-state index contributed by atoms with van der Waals surface area (Å²) in [5.74, 6) is 0.691. The monoisotopic (exact) mass is 464 g/mol. The smallest absolute Gasteiger partial charge is 0.276 e. The molecule has 0 unspecified atom stereocenters. The van der Waals surface area contributed by atoms with Gasteiger partial charge in [0.1, 0.15) is 5.75 Å². The molecular formula is C25H28N4O5. The van der Waals surface area contributed by atoms with Gasteiger partial charge in [-0.3, -0.25) is 15.0 Å². The van der Waals surface area contributed by atoms with Gasteiger partial charge in [-0.15, -0.1) is 0 Å². The van der Waals surface area contributed by atoms with E-state index in [1.54, 1.807) is 18.1 Å². The van der Waals surface area contributed by atoms with Gasteiger partial charge in [0.25, 0.3) is 5.91 Å². The zero-order chi connectivity index (χ0) is 23.8. The molecule has 34 heavy (non-hydrogen) atoms. The second-order valence-corrected chi connectivity index (χ2v) is 7.91. The minimum atomic E-state index is -0.305. The van der Waals surface area contributed by atoms with Crippen LogP contribution in [-0.4, -0.2) is 66.8 Å². The number of hydrazine groups is 1. The molecule has 1 aliphatic rings. The van der Waals surface area contributed by atoms with Crippen molar-refractivity contribution in [3.63, 3.8) is 0 Å². The highest BCUT2D eigenvalue weighted by Gasteiger charge is 2.22. The number of methoxy groups -OCH3 is 1. The van der Waals surface area contributed by atoms with Crippen LogP contribution in [0.15, 0.2) is 65.2 Å². The Morgan fingerprint density at radius 2 is 1.88 bits per heavy atom. The highest BCUT2D eigenvalue weighted by molar-refractivity contribution is 5.93. The summed E-state index contributed by atoms with van der Waals surface area (Å²) in [6.07, 6.45) is 0.163. The molecule has 0 saturated carbocycles. The van der Waals surface area contributed by atoms with Gasteiger partial charge in [-0.05, 0) is 17.7 Å². The molecule has 2 aromatic carbocycles. The lowest BCUT2D eigenvalue weighted by molar-refractivity contribution is -0.128. The molecule has 2 heterocycles. The van der Waals surface area contributed by atoms with Gasteiger partial charge in [0.2, 0.25) is 5.91 Å². The van der Waals surface area contributed by atoms with Crippen LogP contribution in [0.4, 0.5) is 0 Å². The fraction of sp³-hybridized carbons (Fsp3) is 0.320. The average Bonchev–Trinajstić information content (AvgIpc) is 3.38. The van der Waals surface area contributed by atoms with E-state index in [4.69, 9.17) is 14.0 Å². The molecule has 178 valence electrons. The number of rotatable bonds is 9. The number of nitrogens with one attached hydrogen (secondary N) is 1. The summed E-state index contributed by atoms with van der Waals surface area (Å²) < 4.78 is 16.0. The molecule has 1 saturated heterocycles. The van der Waals surface area contributed by atoms with Crippen molar-refractivity contribution in [2.24, 2.45) is 0 Å². The Bertz CT molecular complexity index is 1100. The topological polar surface area (TPSA) is 97.1 Å². The van der Waals surface area contributed by atoms with Gasteiger partial charge in [0.15, 0.2) is 11.5 Å². The summed E-state index contributed by atoms with van der Waals surface area (Å²) >= 11 is 0. The quantitative estimate of drug-likeness (QED) is 0.520. The van der Waals surface area contributed by atoms with Crippen LogP contribution >= 0.6 is 0 Å². The van der Waals surface area contributed by atoms with Gasteiger partial charge in [-0.1, -0.05) is 47.6 Å². The summed E-state index contributed by atoms with van der Waals surface area (Å²) in [5.41, 5.74) is 4.78. The molecule has 2 amide bonds. The van der Waals surface area contributed by atoms with Crippen molar-refractivity contribution in [1.29, 1.82) is 0 Å². The molecule has 0 spiro atoms. The maximum atomic E-state index is 13.3. The van der Waals surface area contributed by atoms with E-state index >= 15 is 0 Å². The van der Waals surface area contributed by atoms with Crippen molar-refractivity contribution in [3.8, 4) is 17.1 Å². The summed E-state index contributed by atoms with van der Waals surface area (Å²) in [7, 11) is 1.59. The number of hydrogen-bond donors (Lipinski definition) is 1. The zero-order valence-corrected chi connectivity index (χ0v) is 19.1. The Morgan fingerprint density at radius 3 is 2.65 bits per heavy atom. The van der Waals surface area contributed by atoms with E-state index in [0.29, 0.717) is 44.4 Å². The summed E-state index contributed by atoms with van der Waals surface area (Å²) in [6.45, 7) is 3.05. The van der Waals surface area contributed by atoms with Crippen molar-refractivity contribution >= 4 is 11.8 Å². The van der Waals surface area contributed by atoms with Gasteiger partial charge >= 0.3 is 0 Å². The second-order valence-electron chi connectivity index (χ2n) is 7.91. The maximum absolute atomic E-state index is 13.3. The van der Waals surface area contributed by atoms with Gasteiger partial charge in [0, 0.05) is 44.2 Å². The summed E-state index contributed by atoms with van der Waals surface area (Å²) in [6, 6.07) is 18.6. The van der Waals surface area contributed by atoms with Crippen LogP contribution in [0.1, 0.15) is 22.5 Å². The third kappa shape index (κ3) is 6.21. The first kappa shape index (κ1) is 23.5. The molecule has 0 bridgehead atoms. The molecule has 3 aromatic rings. The minimum absolute atomic E-state index is 0.148. The molecule has 1 N–H and O–H groups in total. The number of hydrogen-bond acceptors (Lipinski definition) is 7. The molecule has 1 fully saturated rings. The van der Waals surface area contributed by atoms with Crippen LogP contribution in [0.3, 0.4) is 0 Å². The molecular weight excluding hydrogens is 436 g/mol. The highest BCUT2D eigenvalue weighted by atomic mass is 16.5. The Kier molecular flexibility index (Phi) is 7.90. The van der Waals surface area contributed by atoms with Crippen molar-refractivity contribution in [3.05, 3.63) is 71.9 Å². The van der Waals surface area contributed by atoms with Gasteiger partial charge < -0.3 is 18.9 Å². The first-order chi connectivity index (χ1) is 16.6. The lowest BCUT2D eigenvalue weighted by Crippen LogP contribution is -2.49. The Labute approximate surface area is 198 Å². The molecule has 1 aliphatic heterocycles. The Balaban J connectivity index is 1.46. The molecule has 9 nitrogen and oxygen atoms in total. The summed E-state index contributed by atoms with van der Waals surface area (Å²) in [4.78, 5) is 27.5. The third-order valence-electron chi connectivity index (χ3n) is 5.49. The van der Waals surface area contributed by atoms with Gasteiger partial charge in [-0.2, -0.15) is 0 Å². The number of benzene rings is 2. The number of nitrogens with zero attached hydrogens (tertiary/aromatic N) is 3. The standard InChI is InChI=1S/C25H28N4O5/c1-32-21-9-5-8-20(16-21)23-17-22(27-34-23)25(31)28(18-19-6-3-2-4-7-19)11-10-24(30)26-29-12-14-33-15-13-29/h2-9,16-17H,10-15,18H2,1H3,(H,26,30). The predicted octanol–water partition coefficient (Wildman–Crippen LogP) is 2.75. The molecule has 0 radical (unpaired) electrons. The van der Waals surface area contributed by atoms with E-state index in [1.165, 1.54) is 0 Å². The first-order valence-corrected chi connectivity index (χ1v) is 11.2. The van der Waals surface area contributed by atoms with Crippen molar-refractivity contribution in [1.82, 2.24) is 20.5 Å². The van der Waals surface area contributed by atoms with Crippen molar-refractivity contribution in [2.75, 3.05) is 40.0 Å². The van der Waals surface area contributed by atoms with Crippen LogP contribution in [-0.2, 0) is 16.1 Å². The predicted molar refractivity (Wildman–Crippen MR) is 125 cm³/mol. The number of ether oxygens (including phenoxy) is 2. The summed E-state index contributed by atoms with van der Waals surface area (Å²) in [5, 5.41) is 5.84. The molecule has 4 rings (SSSR count). The van der Waals surface area contributed by atoms with Gasteiger partial charge in [-0.25, -0.2) is 5.01 Å². The number of carbonyl (C=O) groups excluding carboxylic acids is 2. The zero-order valence-electron chi connectivity index (χ0n) is 19.1. The lowest BCUT2D eigenvalue weighted by atomic mass is 10.1. The van der Waals surface area contributed by atoms with E-state index in [9.17, 15) is 9.59 Å². The average molecular weight is 465 g/mol. The number of morpholine rings is 1. The van der Waals surface area contributed by atoms with E-state index in [2.05, 4.69) is 10.6 Å². The minimum Gasteiger partial charge on any atom is -0.497 e. The van der Waals surface area contributed by atoms with E-state index in [-0.39, 0.29) is 30.5 Å². The molecule has 0 atom stereocenters. The molecule has 9 heteroatoms. The third-order valence-corrected chi connectivity index (χ3v) is 5.49. The fourth-order valence-corrected chi connectivity index (χ4v) is 3.65. The Morgan fingerprint density at radius 1 is 1.09 bits per heavy atom. The number of amides is 2. The van der Waals surface area contributed by atoms with Crippen LogP contribution in [0.2, 0.25) is 0 Å². The van der Waals surface area contributed by atoms with E-state index in [0.717, 1.165) is 11.1 Å². The van der Waals surface area contributed by atoms with Crippen molar-refractivity contribution in [2.45, 2.75) is 13.0 Å². The number of carbonyl (C=O) groups is 2. The van der Waals surface area contributed by atoms with Crippen LogP contribution in [0.25, 0.3) is 11.3 Å². The fourth-order valence-electron chi connectivity index (χ4n) is 3.65. The van der Waals surface area contributed by atoms with Crippen LogP contribution < -0.4 is 10.2 Å². The number of aromatic nitrogens is 1. The SMILES string of the molecule is COc1cccc(-c2cc(C(=O)N(CCC(=O)NN3CCOCC3)Cc3ccccc3)no2)c1. The van der Waals surface area contributed by atoms with Gasteiger partial charge in [0.05, 0.1) is 20.3 Å². The largest absolute Gasteiger partial charge is 0.497 e. The van der Waals surface area contributed by atoms with Crippen LogP contribution in [0.5, 0.6) is 5.75 Å². The van der Waals surface area contributed by atoms with E-state index < -0.39 is 0 Å². The first-order valence-electron chi connectivity index (χ1n) is 11.2. The normalized spacial score (nSPS) is 13.9. The second kappa shape index (κ2) is 11.4. The highest BCUT2D eigenvalue weighted by Crippen LogP contribution is 2.25. The molecule has 0 aliphatic carbocycles. The molecule has 1 aromatic heterocycles. The lowest BCUT2D eigenvalue weighted by Gasteiger charge is -2.27. The van der Waals surface area contributed by atoms with E-state index in [1.807, 2.05) is 59.6 Å². The maximum Gasteiger partial charge on any atom is 0.276 e. The van der Waals surface area contributed by atoms with Crippen molar-refractivity contribution < 1.29 is 23.6 Å². The Hall–Kier alpha value is -3.69.